The van der Waals surface area contributed by atoms with Gasteiger partial charge in [0.25, 0.3) is 5.91 Å². The Hall–Kier alpha value is -2.52. The number of rotatable bonds is 3. The summed E-state index contributed by atoms with van der Waals surface area (Å²) < 4.78 is 27.3. The molecule has 2 aromatic rings. The van der Waals surface area contributed by atoms with Gasteiger partial charge in [0.05, 0.1) is 5.69 Å². The van der Waals surface area contributed by atoms with E-state index in [-0.39, 0.29) is 11.1 Å². The maximum atomic E-state index is 13.6. The molecule has 0 bridgehead atoms. The Morgan fingerprint density at radius 3 is 2.64 bits per heavy atom. The molecule has 0 saturated heterocycles. The van der Waals surface area contributed by atoms with Crippen molar-refractivity contribution in [2.45, 2.75) is 0 Å². The highest BCUT2D eigenvalue weighted by atomic mass is 79.9. The molecule has 1 amide bonds. The first-order valence-electron chi connectivity index (χ1n) is 6.14. The van der Waals surface area contributed by atoms with E-state index in [2.05, 4.69) is 21.2 Å². The summed E-state index contributed by atoms with van der Waals surface area (Å²) >= 11 is 3.26. The van der Waals surface area contributed by atoms with Crippen LogP contribution >= 0.6 is 15.9 Å². The van der Waals surface area contributed by atoms with Crippen molar-refractivity contribution in [3.05, 3.63) is 69.7 Å². The number of amides is 1. The zero-order chi connectivity index (χ0) is 16.1. The first-order chi connectivity index (χ1) is 10.5. The molecular weight excluding hydrogens is 354 g/mol. The number of carbonyl (C=O) groups excluding carboxylic acids is 1. The van der Waals surface area contributed by atoms with E-state index in [9.17, 15) is 13.6 Å². The van der Waals surface area contributed by atoms with Gasteiger partial charge in [0.15, 0.2) is 0 Å². The van der Waals surface area contributed by atoms with E-state index in [4.69, 9.17) is 5.26 Å². The van der Waals surface area contributed by atoms with Gasteiger partial charge in [-0.2, -0.15) is 5.26 Å². The average Bonchev–Trinajstić information content (AvgIpc) is 2.50. The molecule has 0 unspecified atom stereocenters. The molecule has 110 valence electrons. The Morgan fingerprint density at radius 2 is 1.95 bits per heavy atom. The second-order valence-corrected chi connectivity index (χ2v) is 5.12. The van der Waals surface area contributed by atoms with E-state index in [1.165, 1.54) is 0 Å². The highest BCUT2D eigenvalue weighted by Gasteiger charge is 2.12. The molecule has 2 aromatic carbocycles. The molecule has 0 saturated carbocycles. The Labute approximate surface area is 134 Å². The van der Waals surface area contributed by atoms with Gasteiger partial charge in [-0.05, 0) is 52.3 Å². The molecule has 0 spiro atoms. The molecule has 0 aliphatic rings. The summed E-state index contributed by atoms with van der Waals surface area (Å²) in [5.74, 6) is -2.09. The maximum absolute atomic E-state index is 13.6. The number of hydrogen-bond acceptors (Lipinski definition) is 2. The lowest BCUT2D eigenvalue weighted by Gasteiger charge is -2.06. The molecule has 0 atom stereocenters. The number of hydrogen-bond donors (Lipinski definition) is 1. The Kier molecular flexibility index (Phi) is 5.02. The smallest absolute Gasteiger partial charge is 0.266 e. The van der Waals surface area contributed by atoms with Crippen LogP contribution < -0.4 is 5.32 Å². The van der Waals surface area contributed by atoms with Crippen LogP contribution in [0.1, 0.15) is 5.56 Å². The maximum Gasteiger partial charge on any atom is 0.266 e. The van der Waals surface area contributed by atoms with Gasteiger partial charge in [0, 0.05) is 10.0 Å². The van der Waals surface area contributed by atoms with Gasteiger partial charge in [-0.1, -0.05) is 12.1 Å². The van der Waals surface area contributed by atoms with E-state index in [0.717, 1.165) is 24.3 Å². The summed E-state index contributed by atoms with van der Waals surface area (Å²) in [4.78, 5) is 12.1. The lowest BCUT2D eigenvalue weighted by Crippen LogP contribution is -2.13. The van der Waals surface area contributed by atoms with Gasteiger partial charge < -0.3 is 5.32 Å². The molecule has 6 heteroatoms. The van der Waals surface area contributed by atoms with Crippen molar-refractivity contribution in [3.63, 3.8) is 0 Å². The average molecular weight is 363 g/mol. The highest BCUT2D eigenvalue weighted by molar-refractivity contribution is 9.10. The van der Waals surface area contributed by atoms with E-state index >= 15 is 0 Å². The molecule has 0 aliphatic heterocycles. The number of benzene rings is 2. The van der Waals surface area contributed by atoms with Crippen molar-refractivity contribution in [1.82, 2.24) is 0 Å². The van der Waals surface area contributed by atoms with Crippen LogP contribution in [0.2, 0.25) is 0 Å². The number of nitrogens with one attached hydrogen (secondary N) is 1. The molecule has 2 rings (SSSR count). The molecule has 3 nitrogen and oxygen atoms in total. The quantitative estimate of drug-likeness (QED) is 0.654. The molecule has 0 radical (unpaired) electrons. The number of anilines is 1. The van der Waals surface area contributed by atoms with Crippen molar-refractivity contribution in [2.75, 3.05) is 5.32 Å². The topological polar surface area (TPSA) is 52.9 Å². The van der Waals surface area contributed by atoms with Crippen molar-refractivity contribution < 1.29 is 13.6 Å². The second kappa shape index (κ2) is 6.96. The number of para-hydroxylation sites is 1. The summed E-state index contributed by atoms with van der Waals surface area (Å²) in [6.45, 7) is 0. The van der Waals surface area contributed by atoms with E-state index in [0.29, 0.717) is 10.2 Å². The fourth-order valence-electron chi connectivity index (χ4n) is 1.68. The molecule has 0 heterocycles. The largest absolute Gasteiger partial charge is 0.320 e. The number of carbonyl (C=O) groups is 1. The summed E-state index contributed by atoms with van der Waals surface area (Å²) in [5, 5.41) is 11.6. The summed E-state index contributed by atoms with van der Waals surface area (Å²) in [6, 6.07) is 11.3. The summed E-state index contributed by atoms with van der Waals surface area (Å²) in [7, 11) is 0. The predicted molar refractivity (Wildman–Crippen MR) is 82.7 cm³/mol. The van der Waals surface area contributed by atoms with Gasteiger partial charge in [0.1, 0.15) is 23.3 Å². The third kappa shape index (κ3) is 3.77. The zero-order valence-electron chi connectivity index (χ0n) is 11.1. The monoisotopic (exact) mass is 362 g/mol. The minimum absolute atomic E-state index is 0.168. The SMILES string of the molecule is N#C/C(=C\c1cc(F)ccc1F)C(=O)Nc1ccccc1Br. The standard InChI is InChI=1S/C16H9BrF2N2O/c17-13-3-1-2-4-15(13)21-16(22)11(9-20)7-10-8-12(18)5-6-14(10)19/h1-8H,(H,21,22)/b11-7+. The first kappa shape index (κ1) is 15.9. The number of halogens is 3. The van der Waals surface area contributed by atoms with Crippen LogP contribution in [0.4, 0.5) is 14.5 Å². The van der Waals surface area contributed by atoms with Crippen LogP contribution in [-0.4, -0.2) is 5.91 Å². The highest BCUT2D eigenvalue weighted by Crippen LogP contribution is 2.22. The van der Waals surface area contributed by atoms with Crippen LogP contribution in [0.5, 0.6) is 0 Å². The molecule has 0 fully saturated rings. The third-order valence-electron chi connectivity index (χ3n) is 2.75. The second-order valence-electron chi connectivity index (χ2n) is 4.27. The summed E-state index contributed by atoms with van der Waals surface area (Å²) in [5.41, 5.74) is -0.0348. The fourth-order valence-corrected chi connectivity index (χ4v) is 2.07. The van der Waals surface area contributed by atoms with Crippen LogP contribution in [0, 0.1) is 23.0 Å². The van der Waals surface area contributed by atoms with Gasteiger partial charge in [0.2, 0.25) is 0 Å². The number of nitrogens with zero attached hydrogens (tertiary/aromatic N) is 1. The van der Waals surface area contributed by atoms with E-state index < -0.39 is 17.5 Å². The first-order valence-corrected chi connectivity index (χ1v) is 6.93. The molecule has 0 aromatic heterocycles. The minimum atomic E-state index is -0.720. The lowest BCUT2D eigenvalue weighted by atomic mass is 10.1. The van der Waals surface area contributed by atoms with Gasteiger partial charge in [-0.25, -0.2) is 8.78 Å². The molecular formula is C16H9BrF2N2O. The number of nitriles is 1. The van der Waals surface area contributed by atoms with Crippen LogP contribution in [0.3, 0.4) is 0 Å². The van der Waals surface area contributed by atoms with Crippen molar-refractivity contribution in [2.24, 2.45) is 0 Å². The zero-order valence-corrected chi connectivity index (χ0v) is 12.7. The van der Waals surface area contributed by atoms with E-state index in [1.54, 1.807) is 30.3 Å². The fraction of sp³-hybridized carbons (Fsp3) is 0. The Balaban J connectivity index is 2.30. The molecule has 0 aliphatic carbocycles. The Morgan fingerprint density at radius 1 is 1.23 bits per heavy atom. The van der Waals surface area contributed by atoms with Crippen LogP contribution in [0.15, 0.2) is 52.5 Å². The summed E-state index contributed by atoms with van der Waals surface area (Å²) in [6.07, 6.45) is 1.00. The van der Waals surface area contributed by atoms with Crippen molar-refractivity contribution in [1.29, 1.82) is 5.26 Å². The lowest BCUT2D eigenvalue weighted by molar-refractivity contribution is -0.112. The van der Waals surface area contributed by atoms with Crippen molar-refractivity contribution in [3.8, 4) is 6.07 Å². The van der Waals surface area contributed by atoms with Gasteiger partial charge >= 0.3 is 0 Å². The van der Waals surface area contributed by atoms with Gasteiger partial charge in [-0.3, -0.25) is 4.79 Å². The normalized spacial score (nSPS) is 10.9. The predicted octanol–water partition coefficient (Wildman–Crippen LogP) is 4.27. The Bertz CT molecular complexity index is 797. The van der Waals surface area contributed by atoms with Gasteiger partial charge in [-0.15, -0.1) is 0 Å². The minimum Gasteiger partial charge on any atom is -0.320 e. The van der Waals surface area contributed by atoms with Crippen LogP contribution in [0.25, 0.3) is 6.08 Å². The molecule has 22 heavy (non-hydrogen) atoms. The molecule has 1 N–H and O–H groups in total. The van der Waals surface area contributed by atoms with E-state index in [1.807, 2.05) is 0 Å². The van der Waals surface area contributed by atoms with Crippen LogP contribution in [-0.2, 0) is 4.79 Å². The third-order valence-corrected chi connectivity index (χ3v) is 3.44. The van der Waals surface area contributed by atoms with Crippen molar-refractivity contribution >= 4 is 33.6 Å².